The predicted octanol–water partition coefficient (Wildman–Crippen LogP) is -0.0402. The number of aliphatic carboxylic acids is 1. The van der Waals surface area contributed by atoms with Crippen LogP contribution in [-0.2, 0) is 20.7 Å². The van der Waals surface area contributed by atoms with Crippen molar-refractivity contribution in [2.75, 3.05) is 12.9 Å². The molecule has 0 aliphatic carbocycles. The van der Waals surface area contributed by atoms with Gasteiger partial charge < -0.3 is 12.7 Å². The second kappa shape index (κ2) is 22.9. The molecule has 0 aliphatic rings. The second-order valence-corrected chi connectivity index (χ2v) is 8.59. The van der Waals surface area contributed by atoms with E-state index >= 15 is 0 Å². The Morgan fingerprint density at radius 1 is 1.00 bits per heavy atom. The molecule has 1 rings (SSSR count). The predicted molar refractivity (Wildman–Crippen MR) is 132 cm³/mol. The molecule has 0 amide bonds. The van der Waals surface area contributed by atoms with Crippen LogP contribution < -0.4 is 64.4 Å². The van der Waals surface area contributed by atoms with E-state index in [-0.39, 0.29) is 79.7 Å². The van der Waals surface area contributed by atoms with Gasteiger partial charge in [-0.05, 0) is 36.8 Å². The molecule has 1 unspecified atom stereocenters. The maximum atomic E-state index is 11.5. The summed E-state index contributed by atoms with van der Waals surface area (Å²) in [5.74, 6) is -0.882. The van der Waals surface area contributed by atoms with Gasteiger partial charge in [0.2, 0.25) is 0 Å². The summed E-state index contributed by atoms with van der Waals surface area (Å²) in [6.45, 7) is 2.24. The van der Waals surface area contributed by atoms with E-state index in [2.05, 4.69) is 49.1 Å². The van der Waals surface area contributed by atoms with Crippen molar-refractivity contribution in [2.45, 2.75) is 96.1 Å². The summed E-state index contributed by atoms with van der Waals surface area (Å²) < 4.78 is 4.69. The number of esters is 1. The largest absolute Gasteiger partial charge is 1.00 e. The van der Waals surface area contributed by atoms with Crippen molar-refractivity contribution >= 4 is 24.6 Å². The number of carboxylic acid groups (broad SMARTS) is 1. The minimum atomic E-state index is -0.898. The Bertz CT molecular complexity index is 642. The van der Waals surface area contributed by atoms with Crippen molar-refractivity contribution in [3.05, 3.63) is 35.4 Å². The Balaban J connectivity index is -0.00000120. The number of methoxy groups -OCH3 is 1. The summed E-state index contributed by atoms with van der Waals surface area (Å²) in [7, 11) is 1.39. The van der Waals surface area contributed by atoms with Gasteiger partial charge in [-0.15, -0.1) is 0 Å². The Kier molecular flexibility index (Phi) is 24.7. The van der Waals surface area contributed by atoms with Crippen LogP contribution in [0.3, 0.4) is 0 Å². The zero-order valence-corrected chi connectivity index (χ0v) is 26.2. The number of aryl methyl sites for hydroxylation is 1. The minimum Gasteiger partial charge on any atom is -1.00 e. The van der Waals surface area contributed by atoms with E-state index in [4.69, 9.17) is 4.74 Å². The number of benzene rings is 1. The van der Waals surface area contributed by atoms with Crippen LogP contribution in [-0.4, -0.2) is 35.9 Å². The number of rotatable bonds is 18. The molecule has 0 saturated heterocycles. The van der Waals surface area contributed by atoms with Crippen LogP contribution in [0.2, 0.25) is 0 Å². The number of ether oxygens (including phenoxy) is 1. The van der Waals surface area contributed by atoms with Crippen LogP contribution in [0.5, 0.6) is 0 Å². The molecule has 33 heavy (non-hydrogen) atoms. The minimum absolute atomic E-state index is 0. The van der Waals surface area contributed by atoms with Gasteiger partial charge in [0.05, 0.1) is 7.11 Å². The third-order valence-electron chi connectivity index (χ3n) is 5.69. The molecule has 2 atom stereocenters. The number of thiol groups is 1. The molecular formula is C25H43NNa2O4S. The fourth-order valence-electron chi connectivity index (χ4n) is 3.71. The van der Waals surface area contributed by atoms with Crippen molar-refractivity contribution in [2.24, 2.45) is 0 Å². The van der Waals surface area contributed by atoms with E-state index in [1.165, 1.54) is 57.6 Å². The number of hydrogen-bond acceptors (Lipinski definition) is 5. The Morgan fingerprint density at radius 3 is 2.15 bits per heavy atom. The fraction of sp³-hybridized carbons (Fsp3) is 0.680. The average Bonchev–Trinajstić information content (AvgIpc) is 2.78. The van der Waals surface area contributed by atoms with Crippen LogP contribution in [0.4, 0.5) is 0 Å². The van der Waals surface area contributed by atoms with Crippen molar-refractivity contribution in [1.29, 1.82) is 0 Å². The summed E-state index contributed by atoms with van der Waals surface area (Å²) in [5.41, 5.74) is 2.40. The molecule has 0 spiro atoms. The standard InChI is InChI=1S/C25H41NO4S.2Na.2H/c1-3-4-5-6-7-8-9-12-20-15-17-21(18-16-20)22(26-23(19-31)25(28)29)13-10-11-14-24(27)30-2;;;;/h15-18,22-23,26,31H,3-14,19H2,1-2H3,(H,28,29);;;;/q;2*+1;2*-1/t22?,23-;;;;/m0..../s1. The Morgan fingerprint density at radius 2 is 1.61 bits per heavy atom. The Labute approximate surface area is 253 Å². The van der Waals surface area contributed by atoms with Gasteiger partial charge in [0.1, 0.15) is 6.04 Å². The van der Waals surface area contributed by atoms with E-state index < -0.39 is 12.0 Å². The molecule has 1 aromatic carbocycles. The van der Waals surface area contributed by atoms with Gasteiger partial charge in [-0.2, -0.15) is 12.6 Å². The van der Waals surface area contributed by atoms with E-state index in [0.717, 1.165) is 31.2 Å². The van der Waals surface area contributed by atoms with Gasteiger partial charge in [0, 0.05) is 18.2 Å². The SMILES string of the molecule is CCCCCCCCCc1ccc(C(CCCCC(=O)OC)N[C@@H](CS)C(=O)O)cc1.[H-].[H-].[Na+].[Na+]. The number of carbonyl (C=O) groups excluding carboxylic acids is 1. The smallest absolute Gasteiger partial charge is 1.00 e. The van der Waals surface area contributed by atoms with Gasteiger partial charge in [-0.3, -0.25) is 14.9 Å². The molecule has 0 heterocycles. The van der Waals surface area contributed by atoms with Crippen molar-refractivity contribution in [3.8, 4) is 0 Å². The zero-order valence-electron chi connectivity index (χ0n) is 23.3. The van der Waals surface area contributed by atoms with E-state index in [0.29, 0.717) is 6.42 Å². The average molecular weight is 500 g/mol. The molecule has 5 nitrogen and oxygen atoms in total. The second-order valence-electron chi connectivity index (χ2n) is 8.23. The van der Waals surface area contributed by atoms with Crippen molar-refractivity contribution in [1.82, 2.24) is 5.32 Å². The van der Waals surface area contributed by atoms with Gasteiger partial charge >= 0.3 is 71.1 Å². The van der Waals surface area contributed by atoms with Gasteiger partial charge in [0.15, 0.2) is 0 Å². The van der Waals surface area contributed by atoms with Crippen molar-refractivity contribution in [3.63, 3.8) is 0 Å². The molecule has 180 valence electrons. The maximum absolute atomic E-state index is 11.5. The molecule has 0 bridgehead atoms. The first-order valence-corrected chi connectivity index (χ1v) is 12.4. The molecule has 2 N–H and O–H groups in total. The van der Waals surface area contributed by atoms with Crippen LogP contribution in [0, 0.1) is 0 Å². The summed E-state index contributed by atoms with van der Waals surface area (Å²) >= 11 is 4.18. The summed E-state index contributed by atoms with van der Waals surface area (Å²) in [4.78, 5) is 22.8. The third kappa shape index (κ3) is 16.7. The van der Waals surface area contributed by atoms with Gasteiger partial charge in [-0.1, -0.05) is 76.1 Å². The van der Waals surface area contributed by atoms with Crippen molar-refractivity contribution < 1.29 is 81.4 Å². The molecule has 0 fully saturated rings. The molecule has 0 aliphatic heterocycles. The maximum Gasteiger partial charge on any atom is 1.00 e. The number of carboxylic acids is 1. The number of carbonyl (C=O) groups is 2. The molecule has 0 radical (unpaired) electrons. The van der Waals surface area contributed by atoms with Gasteiger partial charge in [-0.25, -0.2) is 0 Å². The normalized spacial score (nSPS) is 12.2. The summed E-state index contributed by atoms with van der Waals surface area (Å²) in [6, 6.07) is 7.73. The molecule has 0 saturated carbocycles. The fourth-order valence-corrected chi connectivity index (χ4v) is 3.98. The van der Waals surface area contributed by atoms with Crippen LogP contribution >= 0.6 is 12.6 Å². The number of unbranched alkanes of at least 4 members (excludes halogenated alkanes) is 7. The number of nitrogens with one attached hydrogen (secondary N) is 1. The number of hydrogen-bond donors (Lipinski definition) is 3. The molecule has 1 aromatic rings. The quantitative estimate of drug-likeness (QED) is 0.114. The molecule has 0 aromatic heterocycles. The third-order valence-corrected chi connectivity index (χ3v) is 6.05. The van der Waals surface area contributed by atoms with Crippen LogP contribution in [0.25, 0.3) is 0 Å². The molecular weight excluding hydrogens is 456 g/mol. The first-order chi connectivity index (χ1) is 15.0. The molecule has 8 heteroatoms. The van der Waals surface area contributed by atoms with Gasteiger partial charge in [0.25, 0.3) is 0 Å². The van der Waals surface area contributed by atoms with Crippen LogP contribution in [0.15, 0.2) is 24.3 Å². The van der Waals surface area contributed by atoms with E-state index in [1.54, 1.807) is 0 Å². The first kappa shape index (κ1) is 35.6. The zero-order chi connectivity index (χ0) is 22.9. The monoisotopic (exact) mass is 499 g/mol. The summed E-state index contributed by atoms with van der Waals surface area (Å²) in [5, 5.41) is 12.6. The van der Waals surface area contributed by atoms with E-state index in [9.17, 15) is 14.7 Å². The summed E-state index contributed by atoms with van der Waals surface area (Å²) in [6.07, 6.45) is 12.9. The first-order valence-electron chi connectivity index (χ1n) is 11.8. The van der Waals surface area contributed by atoms with Crippen LogP contribution in [0.1, 0.15) is 97.6 Å². The van der Waals surface area contributed by atoms with E-state index in [1.807, 2.05) is 0 Å². The Hall–Kier alpha value is 0.470. The topological polar surface area (TPSA) is 75.6 Å².